The summed E-state index contributed by atoms with van der Waals surface area (Å²) in [4.78, 5) is 0. The summed E-state index contributed by atoms with van der Waals surface area (Å²) in [5, 5.41) is 11.2. The van der Waals surface area contributed by atoms with Gasteiger partial charge in [-0.15, -0.1) is 0 Å². The first-order valence-corrected chi connectivity index (χ1v) is 5.20. The third kappa shape index (κ3) is 3.13. The maximum absolute atomic E-state index is 8.34. The minimum absolute atomic E-state index is 0.0493. The Labute approximate surface area is 96.9 Å². The molecular formula is C10H13BrN2O2. The monoisotopic (exact) mass is 272 g/mol. The van der Waals surface area contributed by atoms with Crippen molar-refractivity contribution in [3.8, 4) is 5.75 Å². The lowest BCUT2D eigenvalue weighted by Gasteiger charge is -2.09. The first-order chi connectivity index (χ1) is 7.04. The van der Waals surface area contributed by atoms with Gasteiger partial charge < -0.3 is 15.7 Å². The average molecular weight is 273 g/mol. The molecule has 0 aliphatic carbocycles. The van der Waals surface area contributed by atoms with Crippen molar-refractivity contribution >= 4 is 21.8 Å². The van der Waals surface area contributed by atoms with E-state index in [1.807, 2.05) is 26.0 Å². The molecule has 15 heavy (non-hydrogen) atoms. The van der Waals surface area contributed by atoms with Gasteiger partial charge in [-0.2, -0.15) is 0 Å². The number of oxime groups is 1. The molecular weight excluding hydrogens is 260 g/mol. The Hall–Kier alpha value is -1.23. The number of amidine groups is 1. The van der Waals surface area contributed by atoms with Crippen LogP contribution in [0.15, 0.2) is 21.8 Å². The van der Waals surface area contributed by atoms with Crippen LogP contribution in [0, 0.1) is 13.8 Å². The maximum atomic E-state index is 8.34. The van der Waals surface area contributed by atoms with E-state index >= 15 is 0 Å². The molecule has 3 N–H and O–H groups in total. The zero-order valence-electron chi connectivity index (χ0n) is 8.62. The summed E-state index contributed by atoms with van der Waals surface area (Å²) in [7, 11) is 0. The van der Waals surface area contributed by atoms with Crippen molar-refractivity contribution in [3.63, 3.8) is 0 Å². The second-order valence-electron chi connectivity index (χ2n) is 3.25. The summed E-state index contributed by atoms with van der Waals surface area (Å²) in [6, 6.07) is 3.78. The molecule has 0 radical (unpaired) electrons. The minimum atomic E-state index is 0.0493. The largest absolute Gasteiger partial charge is 0.486 e. The van der Waals surface area contributed by atoms with Gasteiger partial charge in [-0.05, 0) is 37.1 Å². The lowest BCUT2D eigenvalue weighted by molar-refractivity contribution is 0.306. The quantitative estimate of drug-likeness (QED) is 0.384. The van der Waals surface area contributed by atoms with Crippen LogP contribution in [0.5, 0.6) is 5.75 Å². The van der Waals surface area contributed by atoms with Gasteiger partial charge in [0.05, 0.1) is 0 Å². The molecule has 0 aromatic heterocycles. The fourth-order valence-corrected chi connectivity index (χ4v) is 1.40. The van der Waals surface area contributed by atoms with Crippen LogP contribution in [0.2, 0.25) is 0 Å². The van der Waals surface area contributed by atoms with E-state index in [1.165, 1.54) is 0 Å². The Morgan fingerprint density at radius 2 is 2.00 bits per heavy atom. The van der Waals surface area contributed by atoms with E-state index in [-0.39, 0.29) is 12.4 Å². The highest BCUT2D eigenvalue weighted by atomic mass is 79.9. The number of aryl methyl sites for hydroxylation is 2. The zero-order valence-corrected chi connectivity index (χ0v) is 10.2. The molecule has 0 saturated heterocycles. The number of halogens is 1. The first-order valence-electron chi connectivity index (χ1n) is 4.40. The van der Waals surface area contributed by atoms with E-state index in [0.29, 0.717) is 5.75 Å². The van der Waals surface area contributed by atoms with Crippen molar-refractivity contribution in [2.24, 2.45) is 10.9 Å². The number of rotatable bonds is 3. The average Bonchev–Trinajstić information content (AvgIpc) is 2.22. The molecule has 0 amide bonds. The van der Waals surface area contributed by atoms with E-state index in [1.54, 1.807) is 0 Å². The van der Waals surface area contributed by atoms with Gasteiger partial charge in [0.15, 0.2) is 5.84 Å². The van der Waals surface area contributed by atoms with Crippen molar-refractivity contribution in [3.05, 3.63) is 27.7 Å². The number of hydrogen-bond acceptors (Lipinski definition) is 3. The third-order valence-electron chi connectivity index (χ3n) is 1.93. The van der Waals surface area contributed by atoms with Crippen LogP contribution in [-0.2, 0) is 0 Å². The van der Waals surface area contributed by atoms with Crippen LogP contribution in [0.4, 0.5) is 0 Å². The lowest BCUT2D eigenvalue weighted by atomic mass is 10.1. The zero-order chi connectivity index (χ0) is 11.4. The molecule has 0 saturated carbocycles. The number of hydrogen-bond donors (Lipinski definition) is 2. The van der Waals surface area contributed by atoms with E-state index in [9.17, 15) is 0 Å². The molecule has 0 bridgehead atoms. The van der Waals surface area contributed by atoms with Gasteiger partial charge in [-0.3, -0.25) is 0 Å². The standard InChI is InChI=1S/C10H13BrN2O2/c1-6-3-8(4-7(2)10(6)11)15-5-9(12)13-14/h3-4,14H,5H2,1-2H3,(H2,12,13). The second kappa shape index (κ2) is 5.02. The predicted molar refractivity (Wildman–Crippen MR) is 62.5 cm³/mol. The summed E-state index contributed by atoms with van der Waals surface area (Å²) < 4.78 is 6.41. The molecule has 4 nitrogen and oxygen atoms in total. The summed E-state index contributed by atoms with van der Waals surface area (Å²) >= 11 is 3.46. The highest BCUT2D eigenvalue weighted by molar-refractivity contribution is 9.10. The number of benzene rings is 1. The van der Waals surface area contributed by atoms with Crippen LogP contribution in [0.25, 0.3) is 0 Å². The van der Waals surface area contributed by atoms with Crippen molar-refractivity contribution in [1.29, 1.82) is 0 Å². The topological polar surface area (TPSA) is 67.8 Å². The van der Waals surface area contributed by atoms with Crippen molar-refractivity contribution in [2.75, 3.05) is 6.61 Å². The van der Waals surface area contributed by atoms with Gasteiger partial charge in [-0.25, -0.2) is 0 Å². The number of ether oxygens (including phenoxy) is 1. The van der Waals surface area contributed by atoms with Gasteiger partial charge in [-0.1, -0.05) is 21.1 Å². The molecule has 0 fully saturated rings. The Bertz CT molecular complexity index is 368. The Morgan fingerprint density at radius 3 is 2.47 bits per heavy atom. The molecule has 0 aliphatic rings. The van der Waals surface area contributed by atoms with E-state index in [2.05, 4.69) is 21.1 Å². The summed E-state index contributed by atoms with van der Waals surface area (Å²) in [5.41, 5.74) is 7.47. The van der Waals surface area contributed by atoms with Gasteiger partial charge in [0.1, 0.15) is 12.4 Å². The van der Waals surface area contributed by atoms with Gasteiger partial charge in [0.2, 0.25) is 0 Å². The molecule has 0 aliphatic heterocycles. The normalized spacial score (nSPS) is 11.5. The molecule has 0 atom stereocenters. The van der Waals surface area contributed by atoms with Gasteiger partial charge in [0.25, 0.3) is 0 Å². The molecule has 0 unspecified atom stereocenters. The van der Waals surface area contributed by atoms with E-state index < -0.39 is 0 Å². The summed E-state index contributed by atoms with van der Waals surface area (Å²) in [6.45, 7) is 4.04. The van der Waals surface area contributed by atoms with Crippen molar-refractivity contribution in [2.45, 2.75) is 13.8 Å². The van der Waals surface area contributed by atoms with Gasteiger partial charge in [0, 0.05) is 4.47 Å². The summed E-state index contributed by atoms with van der Waals surface area (Å²) in [5.74, 6) is 0.757. The maximum Gasteiger partial charge on any atom is 0.177 e. The third-order valence-corrected chi connectivity index (χ3v) is 3.18. The molecule has 1 aromatic rings. The number of nitrogens with zero attached hydrogens (tertiary/aromatic N) is 1. The highest BCUT2D eigenvalue weighted by Gasteiger charge is 2.03. The van der Waals surface area contributed by atoms with Crippen molar-refractivity contribution < 1.29 is 9.94 Å². The van der Waals surface area contributed by atoms with E-state index in [4.69, 9.17) is 15.7 Å². The van der Waals surface area contributed by atoms with E-state index in [0.717, 1.165) is 15.6 Å². The fourth-order valence-electron chi connectivity index (χ4n) is 1.18. The van der Waals surface area contributed by atoms with Crippen LogP contribution in [0.1, 0.15) is 11.1 Å². The summed E-state index contributed by atoms with van der Waals surface area (Å²) in [6.07, 6.45) is 0. The van der Waals surface area contributed by atoms with Crippen molar-refractivity contribution in [1.82, 2.24) is 0 Å². The second-order valence-corrected chi connectivity index (χ2v) is 4.04. The molecule has 82 valence electrons. The van der Waals surface area contributed by atoms with Crippen LogP contribution in [-0.4, -0.2) is 17.6 Å². The Morgan fingerprint density at radius 1 is 1.47 bits per heavy atom. The lowest BCUT2D eigenvalue weighted by Crippen LogP contribution is -2.20. The Kier molecular flexibility index (Phi) is 3.96. The minimum Gasteiger partial charge on any atom is -0.486 e. The molecule has 5 heteroatoms. The van der Waals surface area contributed by atoms with Crippen LogP contribution >= 0.6 is 15.9 Å². The highest BCUT2D eigenvalue weighted by Crippen LogP contribution is 2.26. The molecule has 0 spiro atoms. The fraction of sp³-hybridized carbons (Fsp3) is 0.300. The Balaban J connectivity index is 2.79. The molecule has 0 heterocycles. The SMILES string of the molecule is Cc1cc(OC/C(N)=N/O)cc(C)c1Br. The predicted octanol–water partition coefficient (Wildman–Crippen LogP) is 2.19. The van der Waals surface area contributed by atoms with Gasteiger partial charge >= 0.3 is 0 Å². The molecule has 1 rings (SSSR count). The van der Waals surface area contributed by atoms with Crippen LogP contribution < -0.4 is 10.5 Å². The first kappa shape index (κ1) is 11.8. The smallest absolute Gasteiger partial charge is 0.177 e. The van der Waals surface area contributed by atoms with Crippen LogP contribution in [0.3, 0.4) is 0 Å². The molecule has 1 aromatic carbocycles. The number of nitrogens with two attached hydrogens (primary N) is 1.